The van der Waals surface area contributed by atoms with E-state index in [1.807, 2.05) is 0 Å². The first-order valence-electron chi connectivity index (χ1n) is 7.98. The highest BCUT2D eigenvalue weighted by Crippen LogP contribution is 2.33. The summed E-state index contributed by atoms with van der Waals surface area (Å²) in [7, 11) is 0. The molecule has 0 bridgehead atoms. The van der Waals surface area contributed by atoms with Crippen LogP contribution in [0.1, 0.15) is 13.8 Å². The summed E-state index contributed by atoms with van der Waals surface area (Å²) in [5, 5.41) is 12.1. The van der Waals surface area contributed by atoms with Crippen LogP contribution in [0.4, 0.5) is 4.39 Å². The van der Waals surface area contributed by atoms with Crippen LogP contribution in [0.25, 0.3) is 32.6 Å². The number of hydrogen-bond donors (Lipinski definition) is 3. The Morgan fingerprint density at radius 2 is 2.04 bits per heavy atom. The van der Waals surface area contributed by atoms with Gasteiger partial charge in [0.15, 0.2) is 0 Å². The molecule has 0 amide bonds. The van der Waals surface area contributed by atoms with Gasteiger partial charge in [-0.3, -0.25) is 9.78 Å². The van der Waals surface area contributed by atoms with Crippen molar-refractivity contribution in [3.63, 3.8) is 0 Å². The van der Waals surface area contributed by atoms with E-state index in [0.29, 0.717) is 32.6 Å². The second kappa shape index (κ2) is 5.80. The lowest BCUT2D eigenvalue weighted by Gasteiger charge is -2.17. The highest BCUT2D eigenvalue weighted by atomic mass is 32.2. The van der Waals surface area contributed by atoms with E-state index >= 15 is 0 Å². The maximum atomic E-state index is 13.8. The molecule has 0 saturated heterocycles. The summed E-state index contributed by atoms with van der Waals surface area (Å²) in [5.74, 6) is -0.444. The first-order valence-corrected chi connectivity index (χ1v) is 9.29. The fraction of sp³-hybridized carbons (Fsp3) is 0.222. The number of hydrogen-bond acceptors (Lipinski definition) is 4. The van der Waals surface area contributed by atoms with Gasteiger partial charge in [0.1, 0.15) is 22.7 Å². The van der Waals surface area contributed by atoms with E-state index in [1.165, 1.54) is 18.3 Å². The van der Waals surface area contributed by atoms with E-state index < -0.39 is 22.6 Å². The van der Waals surface area contributed by atoms with Crippen molar-refractivity contribution in [2.24, 2.45) is 0 Å². The van der Waals surface area contributed by atoms with Gasteiger partial charge in [-0.15, -0.1) is 0 Å². The molecule has 0 spiro atoms. The quantitative estimate of drug-likeness (QED) is 0.379. The van der Waals surface area contributed by atoms with Crippen molar-refractivity contribution in [2.75, 3.05) is 5.75 Å². The summed E-state index contributed by atoms with van der Waals surface area (Å²) in [6.45, 7) is 3.14. The van der Waals surface area contributed by atoms with Crippen molar-refractivity contribution < 1.29 is 14.0 Å². The Labute approximate surface area is 150 Å². The SMILES string of the molecule is CC(C)(O)C[S+]([O-])c1nc2c3ccc(F)cc3c3c(=O)[nH]ccc3c2[nH]1. The number of halogens is 1. The van der Waals surface area contributed by atoms with Crippen molar-refractivity contribution in [3.05, 3.63) is 46.6 Å². The maximum absolute atomic E-state index is 13.8. The minimum atomic E-state index is -1.56. The predicted molar refractivity (Wildman–Crippen MR) is 99.3 cm³/mol. The average Bonchev–Trinajstić information content (AvgIpc) is 2.99. The zero-order valence-electron chi connectivity index (χ0n) is 14.1. The zero-order chi connectivity index (χ0) is 18.6. The third-order valence-electron chi connectivity index (χ3n) is 4.12. The molecule has 1 atom stereocenters. The molecule has 0 saturated carbocycles. The maximum Gasteiger partial charge on any atom is 0.321 e. The summed E-state index contributed by atoms with van der Waals surface area (Å²) >= 11 is -1.56. The highest BCUT2D eigenvalue weighted by Gasteiger charge is 2.27. The van der Waals surface area contributed by atoms with Gasteiger partial charge in [-0.25, -0.2) is 4.39 Å². The second-order valence-electron chi connectivity index (χ2n) is 6.85. The van der Waals surface area contributed by atoms with Crippen LogP contribution >= 0.6 is 0 Å². The number of aromatic amines is 2. The lowest BCUT2D eigenvalue weighted by atomic mass is 10.0. The van der Waals surface area contributed by atoms with E-state index in [0.717, 1.165) is 0 Å². The van der Waals surface area contributed by atoms with Gasteiger partial charge in [0, 0.05) is 33.5 Å². The van der Waals surface area contributed by atoms with Crippen LogP contribution in [0.3, 0.4) is 0 Å². The molecule has 0 aliphatic heterocycles. The first-order chi connectivity index (χ1) is 12.2. The molecule has 0 aliphatic carbocycles. The monoisotopic (exact) mass is 373 g/mol. The first kappa shape index (κ1) is 17.0. The molecule has 3 N–H and O–H groups in total. The minimum absolute atomic E-state index is 0.0118. The third kappa shape index (κ3) is 2.76. The summed E-state index contributed by atoms with van der Waals surface area (Å²) < 4.78 is 26.4. The Morgan fingerprint density at radius 1 is 1.27 bits per heavy atom. The number of benzene rings is 2. The normalized spacial score (nSPS) is 13.7. The van der Waals surface area contributed by atoms with Crippen LogP contribution in [0.15, 0.2) is 40.4 Å². The van der Waals surface area contributed by atoms with Crippen molar-refractivity contribution >= 4 is 43.8 Å². The summed E-state index contributed by atoms with van der Waals surface area (Å²) in [6, 6.07) is 5.86. The standard InChI is InChI=1S/C18H16FN3O3S/c1-18(2,24)8-26(25)17-21-14-10-4-3-9(19)7-12(10)13-11(15(14)22-17)5-6-20-16(13)23/h3-7,24H,8H2,1-2H3,(H,20,23)(H,21,22). The number of pyridine rings is 1. The molecule has 2 aromatic heterocycles. The van der Waals surface area contributed by atoms with Gasteiger partial charge in [-0.2, -0.15) is 4.98 Å². The van der Waals surface area contributed by atoms with E-state index in [-0.39, 0.29) is 16.5 Å². The largest absolute Gasteiger partial charge is 0.609 e. The zero-order valence-corrected chi connectivity index (χ0v) is 14.9. The van der Waals surface area contributed by atoms with Crippen molar-refractivity contribution in [2.45, 2.75) is 24.6 Å². The van der Waals surface area contributed by atoms with Crippen LogP contribution < -0.4 is 5.56 Å². The molecule has 6 nitrogen and oxygen atoms in total. The number of fused-ring (bicyclic) bond motifs is 6. The molecular weight excluding hydrogens is 357 g/mol. The van der Waals surface area contributed by atoms with Gasteiger partial charge >= 0.3 is 5.16 Å². The van der Waals surface area contributed by atoms with Crippen molar-refractivity contribution in [3.8, 4) is 0 Å². The molecule has 0 radical (unpaired) electrons. The molecule has 4 aromatic rings. The van der Waals surface area contributed by atoms with Gasteiger partial charge in [0.05, 0.1) is 10.9 Å². The Balaban J connectivity index is 2.09. The van der Waals surface area contributed by atoms with Crippen LogP contribution in [-0.4, -0.2) is 36.0 Å². The van der Waals surface area contributed by atoms with Gasteiger partial charge in [0.25, 0.3) is 5.56 Å². The Hall–Kier alpha value is -2.42. The number of nitrogens with zero attached hydrogens (tertiary/aromatic N) is 1. The Bertz CT molecular complexity index is 1210. The fourth-order valence-corrected chi connectivity index (χ4v) is 4.31. The summed E-state index contributed by atoms with van der Waals surface area (Å²) in [5.41, 5.74) is -0.385. The van der Waals surface area contributed by atoms with Gasteiger partial charge in [-0.05, 0) is 38.1 Å². The molecule has 8 heteroatoms. The Kier molecular flexibility index (Phi) is 3.80. The molecule has 2 aromatic carbocycles. The molecule has 0 fully saturated rings. The van der Waals surface area contributed by atoms with Crippen LogP contribution in [-0.2, 0) is 11.2 Å². The number of rotatable bonds is 3. The molecular formula is C18H16FN3O3S. The number of aromatic nitrogens is 3. The molecule has 2 heterocycles. The fourth-order valence-electron chi connectivity index (χ4n) is 3.12. The van der Waals surface area contributed by atoms with E-state index in [1.54, 1.807) is 26.0 Å². The van der Waals surface area contributed by atoms with Gasteiger partial charge in [0.2, 0.25) is 0 Å². The third-order valence-corrected chi connectivity index (χ3v) is 5.71. The molecule has 4 rings (SSSR count). The molecule has 0 aliphatic rings. The van der Waals surface area contributed by atoms with Crippen molar-refractivity contribution in [1.29, 1.82) is 0 Å². The minimum Gasteiger partial charge on any atom is -0.609 e. The van der Waals surface area contributed by atoms with Gasteiger partial charge in [-0.1, -0.05) is 0 Å². The number of imidazole rings is 1. The average molecular weight is 373 g/mol. The molecule has 26 heavy (non-hydrogen) atoms. The van der Waals surface area contributed by atoms with E-state index in [9.17, 15) is 18.8 Å². The van der Waals surface area contributed by atoms with Crippen LogP contribution in [0, 0.1) is 5.82 Å². The van der Waals surface area contributed by atoms with E-state index in [4.69, 9.17) is 0 Å². The highest BCUT2D eigenvalue weighted by molar-refractivity contribution is 7.91. The second-order valence-corrected chi connectivity index (χ2v) is 8.22. The lowest BCUT2D eigenvalue weighted by molar-refractivity contribution is 0.105. The smallest absolute Gasteiger partial charge is 0.321 e. The Morgan fingerprint density at radius 3 is 2.77 bits per heavy atom. The number of aliphatic hydroxyl groups is 1. The predicted octanol–water partition coefficient (Wildman–Crippen LogP) is 2.58. The summed E-state index contributed by atoms with van der Waals surface area (Å²) in [6.07, 6.45) is 1.50. The lowest BCUT2D eigenvalue weighted by Crippen LogP contribution is -2.30. The number of nitrogens with one attached hydrogen (secondary N) is 2. The molecule has 134 valence electrons. The van der Waals surface area contributed by atoms with Crippen LogP contribution in [0.5, 0.6) is 0 Å². The topological polar surface area (TPSA) is 105 Å². The van der Waals surface area contributed by atoms with Crippen molar-refractivity contribution in [1.82, 2.24) is 15.0 Å². The van der Waals surface area contributed by atoms with Crippen LogP contribution in [0.2, 0.25) is 0 Å². The van der Waals surface area contributed by atoms with E-state index in [2.05, 4.69) is 15.0 Å². The van der Waals surface area contributed by atoms with Gasteiger partial charge < -0.3 is 14.6 Å². The number of H-pyrrole nitrogens is 2. The summed E-state index contributed by atoms with van der Waals surface area (Å²) in [4.78, 5) is 22.4. The molecule has 1 unspecified atom stereocenters.